The zero-order chi connectivity index (χ0) is 22.0. The van der Waals surface area contributed by atoms with Crippen molar-refractivity contribution in [2.24, 2.45) is 0 Å². The summed E-state index contributed by atoms with van der Waals surface area (Å²) in [6.07, 6.45) is 0.400. The summed E-state index contributed by atoms with van der Waals surface area (Å²) in [4.78, 5) is 29.5. The number of hydrogen-bond acceptors (Lipinski definition) is 3. The van der Waals surface area contributed by atoms with Crippen molar-refractivity contribution in [2.45, 2.75) is 6.42 Å². The first-order valence-electron chi connectivity index (χ1n) is 9.85. The fraction of sp³-hybridized carbons (Fsp3) is 0.120. The van der Waals surface area contributed by atoms with E-state index < -0.39 is 17.6 Å². The van der Waals surface area contributed by atoms with Gasteiger partial charge in [0.1, 0.15) is 17.3 Å². The molecule has 0 saturated heterocycles. The molecule has 3 aromatic rings. The lowest BCUT2D eigenvalue weighted by Crippen LogP contribution is -2.35. The number of likely N-dealkylation sites (N-methyl/N-ethyl adjacent to an activating group) is 1. The molecule has 0 aliphatic carbocycles. The highest BCUT2D eigenvalue weighted by Gasteiger charge is 2.40. The average Bonchev–Trinajstić information content (AvgIpc) is 3.03. The molecule has 1 heterocycles. The van der Waals surface area contributed by atoms with Gasteiger partial charge in [-0.05, 0) is 53.9 Å². The minimum Gasteiger partial charge on any atom is -0.339 e. The number of rotatable bonds is 6. The number of nitrogens with zero attached hydrogens (tertiary/aromatic N) is 2. The largest absolute Gasteiger partial charge is 0.339 e. The minimum atomic E-state index is -0.434. The Morgan fingerprint density at radius 2 is 1.35 bits per heavy atom. The molecule has 0 N–H and O–H groups in total. The van der Waals surface area contributed by atoms with Crippen LogP contribution in [0, 0.1) is 11.6 Å². The van der Waals surface area contributed by atoms with Gasteiger partial charge in [0, 0.05) is 19.3 Å². The molecule has 0 spiro atoms. The van der Waals surface area contributed by atoms with Crippen LogP contribution in [0.15, 0.2) is 84.6 Å². The monoisotopic (exact) mass is 418 g/mol. The summed E-state index contributed by atoms with van der Waals surface area (Å²) in [6, 6.07) is 20.7. The minimum absolute atomic E-state index is 0.153. The smallest absolute Gasteiger partial charge is 0.278 e. The normalized spacial score (nSPS) is 13.8. The van der Waals surface area contributed by atoms with Crippen molar-refractivity contribution >= 4 is 23.1 Å². The maximum atomic E-state index is 13.5. The van der Waals surface area contributed by atoms with Gasteiger partial charge in [0.25, 0.3) is 11.8 Å². The first-order chi connectivity index (χ1) is 15.0. The SMILES string of the molecule is CN(C1=C(c2ccc(F)cc2)C(=O)N(CCc2ccc(F)cc2)C1=O)c1ccccc1. The number of carbonyl (C=O) groups is 2. The zero-order valence-corrected chi connectivity index (χ0v) is 16.9. The summed E-state index contributed by atoms with van der Waals surface area (Å²) in [7, 11) is 1.73. The number of amides is 2. The third-order valence-electron chi connectivity index (χ3n) is 5.29. The number of para-hydroxylation sites is 1. The van der Waals surface area contributed by atoms with E-state index in [4.69, 9.17) is 0 Å². The van der Waals surface area contributed by atoms with Gasteiger partial charge in [-0.1, -0.05) is 42.5 Å². The average molecular weight is 418 g/mol. The van der Waals surface area contributed by atoms with Gasteiger partial charge in [-0.25, -0.2) is 8.78 Å². The predicted octanol–water partition coefficient (Wildman–Crippen LogP) is 4.42. The number of halogens is 2. The molecule has 31 heavy (non-hydrogen) atoms. The zero-order valence-electron chi connectivity index (χ0n) is 16.9. The summed E-state index contributed by atoms with van der Waals surface area (Å²) >= 11 is 0. The van der Waals surface area contributed by atoms with Crippen LogP contribution >= 0.6 is 0 Å². The molecule has 0 unspecified atom stereocenters. The fourth-order valence-corrected chi connectivity index (χ4v) is 3.63. The van der Waals surface area contributed by atoms with Gasteiger partial charge in [-0.3, -0.25) is 14.5 Å². The van der Waals surface area contributed by atoms with E-state index in [0.717, 1.165) is 11.3 Å². The van der Waals surface area contributed by atoms with Gasteiger partial charge in [0.2, 0.25) is 0 Å². The van der Waals surface area contributed by atoms with E-state index >= 15 is 0 Å². The summed E-state index contributed by atoms with van der Waals surface area (Å²) in [5.41, 5.74) is 2.51. The Balaban J connectivity index is 1.69. The van der Waals surface area contributed by atoms with Crippen LogP contribution in [-0.2, 0) is 16.0 Å². The van der Waals surface area contributed by atoms with Crippen LogP contribution in [0.1, 0.15) is 11.1 Å². The van der Waals surface area contributed by atoms with Crippen LogP contribution in [0.5, 0.6) is 0 Å². The molecule has 1 aliphatic rings. The maximum absolute atomic E-state index is 13.5. The predicted molar refractivity (Wildman–Crippen MR) is 115 cm³/mol. The topological polar surface area (TPSA) is 40.6 Å². The molecule has 3 aromatic carbocycles. The molecule has 6 heteroatoms. The standard InChI is InChI=1S/C25H20F2N2O2/c1-28(21-5-3-2-4-6-21)23-22(18-9-13-20(27)14-10-18)24(30)29(25(23)31)16-15-17-7-11-19(26)12-8-17/h2-14H,15-16H2,1H3. The molecule has 0 bridgehead atoms. The molecule has 156 valence electrons. The molecule has 0 atom stereocenters. The Morgan fingerprint density at radius 3 is 1.97 bits per heavy atom. The van der Waals surface area contributed by atoms with Crippen LogP contribution < -0.4 is 4.90 Å². The summed E-state index contributed by atoms with van der Waals surface area (Å²) in [5, 5.41) is 0. The second-order valence-corrected chi connectivity index (χ2v) is 7.26. The molecular formula is C25H20F2N2O2. The number of benzene rings is 3. The Labute approximate surface area is 179 Å². The lowest BCUT2D eigenvalue weighted by Gasteiger charge is -2.21. The second kappa shape index (κ2) is 8.52. The van der Waals surface area contributed by atoms with E-state index in [9.17, 15) is 18.4 Å². The van der Waals surface area contributed by atoms with Crippen molar-refractivity contribution in [2.75, 3.05) is 18.5 Å². The van der Waals surface area contributed by atoms with Gasteiger partial charge in [-0.15, -0.1) is 0 Å². The highest BCUT2D eigenvalue weighted by molar-refractivity contribution is 6.36. The van der Waals surface area contributed by atoms with Gasteiger partial charge in [0.15, 0.2) is 0 Å². The summed E-state index contributed by atoms with van der Waals surface area (Å²) in [6.45, 7) is 0.153. The Kier molecular flexibility index (Phi) is 5.62. The van der Waals surface area contributed by atoms with Crippen molar-refractivity contribution in [3.63, 3.8) is 0 Å². The molecule has 1 aliphatic heterocycles. The Hall–Kier alpha value is -3.80. The van der Waals surface area contributed by atoms with E-state index in [0.29, 0.717) is 12.0 Å². The van der Waals surface area contributed by atoms with E-state index in [2.05, 4.69) is 0 Å². The lowest BCUT2D eigenvalue weighted by molar-refractivity contribution is -0.136. The third-order valence-corrected chi connectivity index (χ3v) is 5.29. The molecule has 0 radical (unpaired) electrons. The Bertz CT molecular complexity index is 1140. The van der Waals surface area contributed by atoms with Crippen molar-refractivity contribution in [1.29, 1.82) is 0 Å². The van der Waals surface area contributed by atoms with Crippen molar-refractivity contribution in [3.05, 3.63) is 107 Å². The van der Waals surface area contributed by atoms with Gasteiger partial charge in [0.05, 0.1) is 5.57 Å². The summed E-state index contributed by atoms with van der Waals surface area (Å²) in [5.74, 6) is -1.62. The van der Waals surface area contributed by atoms with E-state index in [1.165, 1.54) is 41.3 Å². The van der Waals surface area contributed by atoms with Gasteiger partial charge >= 0.3 is 0 Å². The van der Waals surface area contributed by atoms with Crippen molar-refractivity contribution in [1.82, 2.24) is 4.90 Å². The van der Waals surface area contributed by atoms with Gasteiger partial charge in [-0.2, -0.15) is 0 Å². The van der Waals surface area contributed by atoms with Crippen molar-refractivity contribution in [3.8, 4) is 0 Å². The fourth-order valence-electron chi connectivity index (χ4n) is 3.63. The third kappa shape index (κ3) is 4.10. The molecule has 0 saturated carbocycles. The second-order valence-electron chi connectivity index (χ2n) is 7.26. The first kappa shape index (κ1) is 20.5. The quantitative estimate of drug-likeness (QED) is 0.557. The molecular weight excluding hydrogens is 398 g/mol. The summed E-state index contributed by atoms with van der Waals surface area (Å²) < 4.78 is 26.6. The molecule has 4 nitrogen and oxygen atoms in total. The Morgan fingerprint density at radius 1 is 0.774 bits per heavy atom. The number of hydrogen-bond donors (Lipinski definition) is 0. The first-order valence-corrected chi connectivity index (χ1v) is 9.85. The molecule has 2 amide bonds. The van der Waals surface area contributed by atoms with E-state index in [-0.39, 0.29) is 23.6 Å². The van der Waals surface area contributed by atoms with Crippen LogP contribution in [0.2, 0.25) is 0 Å². The molecule has 0 fully saturated rings. The van der Waals surface area contributed by atoms with Crippen molar-refractivity contribution < 1.29 is 18.4 Å². The van der Waals surface area contributed by atoms with Crippen LogP contribution in [0.4, 0.5) is 14.5 Å². The maximum Gasteiger partial charge on any atom is 0.278 e. The number of carbonyl (C=O) groups excluding carboxylic acids is 2. The lowest BCUT2D eigenvalue weighted by atomic mass is 10.0. The van der Waals surface area contributed by atoms with E-state index in [1.54, 1.807) is 24.1 Å². The van der Waals surface area contributed by atoms with Crippen LogP contribution in [0.3, 0.4) is 0 Å². The highest BCUT2D eigenvalue weighted by Crippen LogP contribution is 2.33. The van der Waals surface area contributed by atoms with Crippen LogP contribution in [-0.4, -0.2) is 30.3 Å². The van der Waals surface area contributed by atoms with Crippen LogP contribution in [0.25, 0.3) is 5.57 Å². The van der Waals surface area contributed by atoms with Gasteiger partial charge < -0.3 is 4.90 Å². The molecule has 4 rings (SSSR count). The number of imide groups is 1. The number of anilines is 1. The highest BCUT2D eigenvalue weighted by atomic mass is 19.1. The molecule has 0 aromatic heterocycles. The van der Waals surface area contributed by atoms with E-state index in [1.807, 2.05) is 30.3 Å².